The molecule has 0 spiro atoms. The molecule has 11 aromatic rings. The van der Waals surface area contributed by atoms with Gasteiger partial charge in [0.1, 0.15) is 22.3 Å². The smallest absolute Gasteiger partial charge is 0.137 e. The van der Waals surface area contributed by atoms with Crippen LogP contribution in [0.4, 0.5) is 17.1 Å². The SMILES string of the molecule is [2H]c1c([2H])c([2H])c(-c2ccc(N(c3cccc4c(-c5cc([2H])c6c(ccc7oc8cccc([2H])c8c76)c5)cccc34)c3cccc4oc5ccccc5c34)cc2)c([2H])c1[2H]. The average Bonchev–Trinajstić information content (AvgIpc) is 3.85. The van der Waals surface area contributed by atoms with E-state index in [2.05, 4.69) is 47.4 Å². The molecule has 11 rings (SSSR count). The molecule has 0 saturated carbocycles. The number of hydrogen-bond donors (Lipinski definition) is 0. The molecule has 3 heteroatoms. The van der Waals surface area contributed by atoms with Gasteiger partial charge in [-0.1, -0.05) is 133 Å². The van der Waals surface area contributed by atoms with Gasteiger partial charge < -0.3 is 13.7 Å². The molecule has 0 bridgehead atoms. The van der Waals surface area contributed by atoms with Crippen molar-refractivity contribution in [2.45, 2.75) is 0 Å². The Bertz CT molecular complexity index is 3560. The van der Waals surface area contributed by atoms with Crippen LogP contribution in [0.1, 0.15) is 9.60 Å². The molecule has 248 valence electrons. The van der Waals surface area contributed by atoms with Crippen molar-refractivity contribution in [1.29, 1.82) is 0 Å². The summed E-state index contributed by atoms with van der Waals surface area (Å²) in [4.78, 5) is 2.18. The summed E-state index contributed by atoms with van der Waals surface area (Å²) in [5.74, 6) is 0. The third-order valence-electron chi connectivity index (χ3n) is 10.2. The van der Waals surface area contributed by atoms with Crippen molar-refractivity contribution in [2.24, 2.45) is 0 Å². The van der Waals surface area contributed by atoms with Crippen LogP contribution in [0.2, 0.25) is 0 Å². The third kappa shape index (κ3) is 4.68. The molecule has 0 aliphatic carbocycles. The third-order valence-corrected chi connectivity index (χ3v) is 10.2. The van der Waals surface area contributed by atoms with Crippen LogP contribution in [-0.2, 0) is 0 Å². The van der Waals surface area contributed by atoms with E-state index in [9.17, 15) is 1.37 Å². The number of para-hydroxylation sites is 2. The van der Waals surface area contributed by atoms with Gasteiger partial charge in [0.15, 0.2) is 0 Å². The molecule has 0 amide bonds. The van der Waals surface area contributed by atoms with Gasteiger partial charge in [-0.2, -0.15) is 0 Å². The average molecular weight is 685 g/mol. The van der Waals surface area contributed by atoms with Crippen molar-refractivity contribution in [3.8, 4) is 22.3 Å². The zero-order valence-corrected chi connectivity index (χ0v) is 28.1. The van der Waals surface area contributed by atoms with Crippen molar-refractivity contribution in [3.63, 3.8) is 0 Å². The highest BCUT2D eigenvalue weighted by Crippen LogP contribution is 2.46. The summed E-state index contributed by atoms with van der Waals surface area (Å²) in [7, 11) is 0. The molecule has 3 nitrogen and oxygen atoms in total. The lowest BCUT2D eigenvalue weighted by Gasteiger charge is -2.28. The first-order valence-corrected chi connectivity index (χ1v) is 17.4. The van der Waals surface area contributed by atoms with Gasteiger partial charge in [0.25, 0.3) is 0 Å². The maximum Gasteiger partial charge on any atom is 0.137 e. The van der Waals surface area contributed by atoms with Gasteiger partial charge in [0.05, 0.1) is 26.4 Å². The van der Waals surface area contributed by atoms with Crippen molar-refractivity contribution in [3.05, 3.63) is 188 Å². The molecule has 0 unspecified atom stereocenters. The monoisotopic (exact) mass is 684 g/mol. The normalized spacial score (nSPS) is 13.6. The summed E-state index contributed by atoms with van der Waals surface area (Å²) in [6, 6.07) is 46.1. The minimum absolute atomic E-state index is 0.141. The summed E-state index contributed by atoms with van der Waals surface area (Å²) >= 11 is 0. The van der Waals surface area contributed by atoms with Crippen molar-refractivity contribution in [1.82, 2.24) is 0 Å². The van der Waals surface area contributed by atoms with Crippen molar-refractivity contribution >= 4 is 82.5 Å². The summed E-state index contributed by atoms with van der Waals surface area (Å²) in [6.45, 7) is 0. The Morgan fingerprint density at radius 2 is 1.09 bits per heavy atom. The van der Waals surface area contributed by atoms with Gasteiger partial charge in [0, 0.05) is 27.2 Å². The predicted octanol–water partition coefficient (Wildman–Crippen LogP) is 14.6. The minimum atomic E-state index is -0.429. The molecule has 2 aromatic heterocycles. The largest absolute Gasteiger partial charge is 0.456 e. The Morgan fingerprint density at radius 1 is 0.396 bits per heavy atom. The van der Waals surface area contributed by atoms with E-state index in [0.717, 1.165) is 77.1 Å². The molecule has 0 radical (unpaired) electrons. The summed E-state index contributed by atoms with van der Waals surface area (Å²) in [5.41, 5.74) is 7.78. The molecule has 9 aromatic carbocycles. The van der Waals surface area contributed by atoms with Crippen LogP contribution in [0, 0.1) is 0 Å². The Morgan fingerprint density at radius 3 is 1.98 bits per heavy atom. The second kappa shape index (κ2) is 11.7. The Hall–Kier alpha value is -7.10. The summed E-state index contributed by atoms with van der Waals surface area (Å²) in [5, 5.41) is 6.92. The highest BCUT2D eigenvalue weighted by atomic mass is 16.3. The highest BCUT2D eigenvalue weighted by molar-refractivity contribution is 6.20. The van der Waals surface area contributed by atoms with E-state index in [4.69, 9.17) is 17.1 Å². The van der Waals surface area contributed by atoms with E-state index >= 15 is 0 Å². The number of furan rings is 2. The van der Waals surface area contributed by atoms with E-state index in [1.807, 2.05) is 84.9 Å². The highest BCUT2D eigenvalue weighted by Gasteiger charge is 2.22. The number of rotatable bonds is 5. The van der Waals surface area contributed by atoms with Crippen LogP contribution < -0.4 is 4.90 Å². The van der Waals surface area contributed by atoms with Crippen LogP contribution in [-0.4, -0.2) is 0 Å². The lowest BCUT2D eigenvalue weighted by atomic mass is 9.94. The second-order valence-corrected chi connectivity index (χ2v) is 13.1. The van der Waals surface area contributed by atoms with E-state index in [-0.39, 0.29) is 29.7 Å². The van der Waals surface area contributed by atoms with Crippen LogP contribution in [0.3, 0.4) is 0 Å². The van der Waals surface area contributed by atoms with Gasteiger partial charge in [-0.25, -0.2) is 0 Å². The fraction of sp³-hybridized carbons (Fsp3) is 0. The zero-order valence-electron chi connectivity index (χ0n) is 35.1. The molecule has 53 heavy (non-hydrogen) atoms. The predicted molar refractivity (Wildman–Crippen MR) is 222 cm³/mol. The topological polar surface area (TPSA) is 29.5 Å². The first kappa shape index (κ1) is 23.4. The van der Waals surface area contributed by atoms with Gasteiger partial charge >= 0.3 is 0 Å². The van der Waals surface area contributed by atoms with Gasteiger partial charge in [-0.3, -0.25) is 0 Å². The van der Waals surface area contributed by atoms with E-state index < -0.39 is 6.04 Å². The molecule has 2 heterocycles. The first-order valence-electron chi connectivity index (χ1n) is 20.9. The summed E-state index contributed by atoms with van der Waals surface area (Å²) < 4.78 is 72.4. The zero-order chi connectivity index (χ0) is 41.0. The minimum Gasteiger partial charge on any atom is -0.456 e. The Labute approximate surface area is 315 Å². The van der Waals surface area contributed by atoms with Crippen LogP contribution >= 0.6 is 0 Å². The van der Waals surface area contributed by atoms with Crippen LogP contribution in [0.15, 0.2) is 197 Å². The van der Waals surface area contributed by atoms with Crippen LogP contribution in [0.5, 0.6) is 0 Å². The maximum atomic E-state index is 9.36. The number of hydrogen-bond acceptors (Lipinski definition) is 3. The number of fused-ring (bicyclic) bond motifs is 9. The Kier molecular flexibility index (Phi) is 5.18. The number of nitrogens with zero attached hydrogens (tertiary/aromatic N) is 1. The van der Waals surface area contributed by atoms with Crippen molar-refractivity contribution in [2.75, 3.05) is 4.90 Å². The fourth-order valence-corrected chi connectivity index (χ4v) is 7.81. The first-order chi connectivity index (χ1) is 29.2. The second-order valence-electron chi connectivity index (χ2n) is 13.1. The van der Waals surface area contributed by atoms with Crippen molar-refractivity contribution < 1.29 is 18.4 Å². The quantitative estimate of drug-likeness (QED) is 0.181. The molecule has 0 saturated heterocycles. The molecular formula is C50H31NO2. The fourth-order valence-electron chi connectivity index (χ4n) is 7.81. The van der Waals surface area contributed by atoms with Gasteiger partial charge in [0.2, 0.25) is 0 Å². The van der Waals surface area contributed by atoms with Crippen LogP contribution in [0.25, 0.3) is 87.7 Å². The maximum absolute atomic E-state index is 9.36. The Balaban J connectivity index is 1.13. The lowest BCUT2D eigenvalue weighted by molar-refractivity contribution is 0.668. The molecule has 0 fully saturated rings. The molecule has 0 atom stereocenters. The summed E-state index contributed by atoms with van der Waals surface area (Å²) in [6.07, 6.45) is 0. The lowest BCUT2D eigenvalue weighted by Crippen LogP contribution is -2.11. The van der Waals surface area contributed by atoms with Gasteiger partial charge in [-0.15, -0.1) is 0 Å². The molecule has 0 aliphatic heterocycles. The number of anilines is 3. The standard InChI is InChI=1S/C50H31NO2/c1-2-11-32(12-3-1)33-23-27-36(28-24-33)51(44-19-10-22-47-50(44)42-14-5-7-21-46(42)52-47)43-18-9-16-39-37(15-8-17-40(39)43)34-25-29-38-35(31-34)26-30-48-49(38)41-13-4-6-20-45(41)53-48/h1-31H/i1D,2D,3D,11D,12D,13D,29D. The molecule has 0 N–H and O–H groups in total. The number of benzene rings is 9. The van der Waals surface area contributed by atoms with E-state index in [1.165, 1.54) is 0 Å². The molecule has 0 aliphatic rings. The van der Waals surface area contributed by atoms with Gasteiger partial charge in [-0.05, 0) is 93.0 Å². The van der Waals surface area contributed by atoms with E-state index in [0.29, 0.717) is 34.2 Å². The van der Waals surface area contributed by atoms with E-state index in [1.54, 1.807) is 18.2 Å². The molecular weight excluding hydrogens is 647 g/mol.